The van der Waals surface area contributed by atoms with E-state index in [1.165, 1.54) is 0 Å². The molecule has 1 heterocycles. The van der Waals surface area contributed by atoms with Gasteiger partial charge in [-0.25, -0.2) is 8.42 Å². The summed E-state index contributed by atoms with van der Waals surface area (Å²) in [5, 5.41) is 1.22. The van der Waals surface area contributed by atoms with Gasteiger partial charge in [-0.1, -0.05) is 11.6 Å². The maximum Gasteiger partial charge on any atom is 0.158 e. The van der Waals surface area contributed by atoms with Crippen molar-refractivity contribution < 1.29 is 8.42 Å². The van der Waals surface area contributed by atoms with Crippen LogP contribution in [0, 0.1) is 0 Å². The van der Waals surface area contributed by atoms with Crippen LogP contribution in [-0.2, 0) is 15.6 Å². The monoisotopic (exact) mass is 271 g/mol. The van der Waals surface area contributed by atoms with Gasteiger partial charge in [-0.3, -0.25) is 0 Å². The van der Waals surface area contributed by atoms with Crippen molar-refractivity contribution in [3.8, 4) is 0 Å². The quantitative estimate of drug-likeness (QED) is 0.932. The molecule has 0 saturated heterocycles. The van der Waals surface area contributed by atoms with Crippen LogP contribution in [0.25, 0.3) is 10.9 Å². The van der Waals surface area contributed by atoms with E-state index in [2.05, 4.69) is 4.98 Å². The number of halogens is 1. The highest BCUT2D eigenvalue weighted by atomic mass is 35.5. The summed E-state index contributed by atoms with van der Waals surface area (Å²) < 4.78 is 23.6. The predicted molar refractivity (Wildman–Crippen MR) is 71.1 cm³/mol. The van der Waals surface area contributed by atoms with E-state index >= 15 is 0 Å². The molecule has 0 radical (unpaired) electrons. The van der Waals surface area contributed by atoms with E-state index in [1.54, 1.807) is 19.9 Å². The Balaban J connectivity index is 2.38. The summed E-state index contributed by atoms with van der Waals surface area (Å²) in [4.78, 5) is 3.10. The van der Waals surface area contributed by atoms with Crippen LogP contribution in [0.3, 0.4) is 0 Å². The number of hydrogen-bond acceptors (Lipinski definition) is 2. The average Bonchev–Trinajstić information content (AvgIpc) is 2.57. The molecule has 0 fully saturated rings. The topological polar surface area (TPSA) is 49.9 Å². The first-order valence-electron chi connectivity index (χ1n) is 5.37. The zero-order chi connectivity index (χ0) is 12.6. The molecule has 3 nitrogen and oxygen atoms in total. The molecule has 5 heteroatoms. The van der Waals surface area contributed by atoms with Crippen molar-refractivity contribution in [2.45, 2.75) is 24.9 Å². The highest BCUT2D eigenvalue weighted by molar-refractivity contribution is 7.91. The normalized spacial score (nSPS) is 12.5. The maximum atomic E-state index is 11.8. The number of fused-ring (bicyclic) bond motifs is 1. The minimum absolute atomic E-state index is 0.0387. The Kier molecular flexibility index (Phi) is 3.19. The summed E-state index contributed by atoms with van der Waals surface area (Å²) in [5.74, 6) is 0.0387. The van der Waals surface area contributed by atoms with Crippen LogP contribution in [0.1, 0.15) is 19.5 Å². The first-order valence-corrected chi connectivity index (χ1v) is 7.46. The Morgan fingerprint density at radius 1 is 1.29 bits per heavy atom. The van der Waals surface area contributed by atoms with Gasteiger partial charge in [0.15, 0.2) is 9.84 Å². The first-order chi connectivity index (χ1) is 7.88. The third-order valence-electron chi connectivity index (χ3n) is 2.71. The van der Waals surface area contributed by atoms with Gasteiger partial charge in [0.1, 0.15) is 0 Å². The molecule has 0 atom stereocenters. The third-order valence-corrected chi connectivity index (χ3v) is 5.10. The van der Waals surface area contributed by atoms with Crippen molar-refractivity contribution in [1.29, 1.82) is 0 Å². The van der Waals surface area contributed by atoms with Crippen LogP contribution in [0.5, 0.6) is 0 Å². The van der Waals surface area contributed by atoms with Gasteiger partial charge >= 0.3 is 0 Å². The summed E-state index contributed by atoms with van der Waals surface area (Å²) >= 11 is 5.88. The molecule has 2 rings (SSSR count). The number of nitrogens with one attached hydrogen (secondary N) is 1. The van der Waals surface area contributed by atoms with Crippen LogP contribution in [0.15, 0.2) is 24.3 Å². The molecule has 0 bridgehead atoms. The summed E-state index contributed by atoms with van der Waals surface area (Å²) in [6, 6.07) is 7.28. The Morgan fingerprint density at radius 3 is 2.65 bits per heavy atom. The molecule has 0 spiro atoms. The highest BCUT2D eigenvalue weighted by Gasteiger charge is 2.17. The maximum absolute atomic E-state index is 11.8. The number of rotatable bonds is 3. The molecule has 1 N–H and O–H groups in total. The van der Waals surface area contributed by atoms with Crippen LogP contribution in [-0.4, -0.2) is 18.7 Å². The van der Waals surface area contributed by atoms with Crippen molar-refractivity contribution in [2.75, 3.05) is 0 Å². The lowest BCUT2D eigenvalue weighted by atomic mass is 10.2. The van der Waals surface area contributed by atoms with Gasteiger partial charge in [-0.2, -0.15) is 0 Å². The molecule has 0 aliphatic heterocycles. The van der Waals surface area contributed by atoms with Gasteiger partial charge in [-0.05, 0) is 38.1 Å². The van der Waals surface area contributed by atoms with Gasteiger partial charge in [0, 0.05) is 21.6 Å². The van der Waals surface area contributed by atoms with Gasteiger partial charge in [0.05, 0.1) is 11.0 Å². The van der Waals surface area contributed by atoms with Crippen LogP contribution >= 0.6 is 11.6 Å². The Hall–Kier alpha value is -1.00. The van der Waals surface area contributed by atoms with Gasteiger partial charge in [-0.15, -0.1) is 0 Å². The zero-order valence-corrected chi connectivity index (χ0v) is 11.3. The van der Waals surface area contributed by atoms with E-state index in [1.807, 2.05) is 18.2 Å². The number of H-pyrrole nitrogens is 1. The fourth-order valence-corrected chi connectivity index (χ4v) is 2.73. The Bertz CT molecular complexity index is 644. The van der Waals surface area contributed by atoms with Crippen molar-refractivity contribution in [1.82, 2.24) is 4.98 Å². The zero-order valence-electron chi connectivity index (χ0n) is 9.70. The molecule has 17 heavy (non-hydrogen) atoms. The molecule has 0 aliphatic carbocycles. The van der Waals surface area contributed by atoms with E-state index in [-0.39, 0.29) is 11.0 Å². The summed E-state index contributed by atoms with van der Waals surface area (Å²) in [6.45, 7) is 3.38. The molecule has 1 aromatic carbocycles. The van der Waals surface area contributed by atoms with E-state index in [9.17, 15) is 8.42 Å². The molecular weight excluding hydrogens is 258 g/mol. The lowest BCUT2D eigenvalue weighted by molar-refractivity contribution is 0.586. The fourth-order valence-electron chi connectivity index (χ4n) is 1.62. The third kappa shape index (κ3) is 2.64. The fraction of sp³-hybridized carbons (Fsp3) is 0.333. The van der Waals surface area contributed by atoms with E-state index < -0.39 is 9.84 Å². The second kappa shape index (κ2) is 4.35. The molecule has 0 amide bonds. The highest BCUT2D eigenvalue weighted by Crippen LogP contribution is 2.21. The number of aromatic nitrogens is 1. The largest absolute Gasteiger partial charge is 0.358 e. The molecule has 1 aromatic heterocycles. The van der Waals surface area contributed by atoms with Crippen molar-refractivity contribution >= 4 is 32.3 Å². The standard InChI is InChI=1S/C12H14ClNO2S/c1-8(2)17(15,16)7-11-6-9-5-10(13)3-4-12(9)14-11/h3-6,8,14H,7H2,1-2H3. The van der Waals surface area contributed by atoms with E-state index in [4.69, 9.17) is 11.6 Å². The predicted octanol–water partition coefficient (Wildman–Crippen LogP) is 3.14. The summed E-state index contributed by atoms with van der Waals surface area (Å²) in [7, 11) is -3.07. The second-order valence-corrected chi connectivity index (χ2v) is 7.38. The van der Waals surface area contributed by atoms with Crippen LogP contribution in [0.2, 0.25) is 5.02 Å². The number of benzene rings is 1. The van der Waals surface area contributed by atoms with Gasteiger partial charge in [0.2, 0.25) is 0 Å². The summed E-state index contributed by atoms with van der Waals surface area (Å²) in [6.07, 6.45) is 0. The second-order valence-electron chi connectivity index (χ2n) is 4.38. The molecular formula is C12H14ClNO2S. The smallest absolute Gasteiger partial charge is 0.158 e. The van der Waals surface area contributed by atoms with E-state index in [0.717, 1.165) is 10.9 Å². The lowest BCUT2D eigenvalue weighted by Gasteiger charge is -2.05. The van der Waals surface area contributed by atoms with E-state index in [0.29, 0.717) is 10.7 Å². The van der Waals surface area contributed by atoms with Crippen molar-refractivity contribution in [3.63, 3.8) is 0 Å². The van der Waals surface area contributed by atoms with Crippen LogP contribution in [0.4, 0.5) is 0 Å². The van der Waals surface area contributed by atoms with Crippen LogP contribution < -0.4 is 0 Å². The van der Waals surface area contributed by atoms with Crippen molar-refractivity contribution in [2.24, 2.45) is 0 Å². The van der Waals surface area contributed by atoms with Gasteiger partial charge in [0.25, 0.3) is 0 Å². The SMILES string of the molecule is CC(C)S(=O)(=O)Cc1cc2cc(Cl)ccc2[nH]1. The molecule has 0 unspecified atom stereocenters. The molecule has 0 aliphatic rings. The molecule has 92 valence electrons. The molecule has 0 saturated carbocycles. The lowest BCUT2D eigenvalue weighted by Crippen LogP contribution is -2.16. The minimum atomic E-state index is -3.07. The summed E-state index contributed by atoms with van der Waals surface area (Å²) in [5.41, 5.74) is 1.61. The average molecular weight is 272 g/mol. The minimum Gasteiger partial charge on any atom is -0.358 e. The van der Waals surface area contributed by atoms with Gasteiger partial charge < -0.3 is 4.98 Å². The Labute approximate surface area is 106 Å². The number of aromatic amines is 1. The first kappa shape index (κ1) is 12.5. The van der Waals surface area contributed by atoms with Crippen molar-refractivity contribution in [3.05, 3.63) is 35.0 Å². The molecule has 2 aromatic rings. The number of hydrogen-bond donors (Lipinski definition) is 1. The Morgan fingerprint density at radius 2 is 2.00 bits per heavy atom. The number of sulfone groups is 1.